The van der Waals surface area contributed by atoms with Gasteiger partial charge in [0.05, 0.1) is 13.2 Å². The fourth-order valence-corrected chi connectivity index (χ4v) is 1.78. The SMILES string of the molecule is CCOCc1ccc(CN=C(N)N(CC)CC)cc1. The van der Waals surface area contributed by atoms with Gasteiger partial charge in [-0.3, -0.25) is 0 Å². The zero-order valence-corrected chi connectivity index (χ0v) is 12.2. The standard InChI is InChI=1S/C15H25N3O/c1-4-18(5-2)15(16)17-11-13-7-9-14(10-8-13)12-19-6-3/h7-10H,4-6,11-12H2,1-3H3,(H2,16,17). The van der Waals surface area contributed by atoms with Gasteiger partial charge >= 0.3 is 0 Å². The van der Waals surface area contributed by atoms with Gasteiger partial charge < -0.3 is 15.4 Å². The van der Waals surface area contributed by atoms with Crippen LogP contribution in [0.15, 0.2) is 29.3 Å². The van der Waals surface area contributed by atoms with E-state index < -0.39 is 0 Å². The summed E-state index contributed by atoms with van der Waals surface area (Å²) in [4.78, 5) is 6.46. The molecular weight excluding hydrogens is 238 g/mol. The number of nitrogens with zero attached hydrogens (tertiary/aromatic N) is 2. The fraction of sp³-hybridized carbons (Fsp3) is 0.533. The Labute approximate surface area is 116 Å². The molecule has 0 aliphatic heterocycles. The molecule has 106 valence electrons. The molecular formula is C15H25N3O. The summed E-state index contributed by atoms with van der Waals surface area (Å²) in [6.07, 6.45) is 0. The van der Waals surface area contributed by atoms with Crippen molar-refractivity contribution in [1.29, 1.82) is 0 Å². The molecule has 0 aliphatic rings. The lowest BCUT2D eigenvalue weighted by Gasteiger charge is -2.19. The smallest absolute Gasteiger partial charge is 0.191 e. The van der Waals surface area contributed by atoms with Crippen LogP contribution >= 0.6 is 0 Å². The zero-order chi connectivity index (χ0) is 14.1. The molecule has 0 aliphatic carbocycles. The second kappa shape index (κ2) is 8.53. The van der Waals surface area contributed by atoms with Crippen molar-refractivity contribution in [2.75, 3.05) is 19.7 Å². The van der Waals surface area contributed by atoms with Crippen LogP contribution in [0.1, 0.15) is 31.9 Å². The summed E-state index contributed by atoms with van der Waals surface area (Å²) in [5.41, 5.74) is 8.29. The largest absolute Gasteiger partial charge is 0.377 e. The lowest BCUT2D eigenvalue weighted by atomic mass is 10.1. The zero-order valence-electron chi connectivity index (χ0n) is 12.2. The van der Waals surface area contributed by atoms with E-state index in [1.165, 1.54) is 5.56 Å². The fourth-order valence-electron chi connectivity index (χ4n) is 1.78. The molecule has 0 aromatic heterocycles. The Kier molecular flexibility index (Phi) is 6.97. The molecule has 1 aromatic carbocycles. The van der Waals surface area contributed by atoms with Gasteiger partial charge in [-0.2, -0.15) is 0 Å². The molecule has 0 heterocycles. The van der Waals surface area contributed by atoms with Gasteiger partial charge in [-0.05, 0) is 31.9 Å². The summed E-state index contributed by atoms with van der Waals surface area (Å²) in [6, 6.07) is 8.31. The van der Waals surface area contributed by atoms with Crippen LogP contribution < -0.4 is 5.73 Å². The van der Waals surface area contributed by atoms with Crippen LogP contribution in [0.25, 0.3) is 0 Å². The predicted octanol–water partition coefficient (Wildman–Crippen LogP) is 2.38. The molecule has 2 N–H and O–H groups in total. The molecule has 0 fully saturated rings. The minimum Gasteiger partial charge on any atom is -0.377 e. The highest BCUT2D eigenvalue weighted by atomic mass is 16.5. The van der Waals surface area contributed by atoms with Gasteiger partial charge in [-0.15, -0.1) is 0 Å². The number of guanidine groups is 1. The van der Waals surface area contributed by atoms with E-state index in [2.05, 4.69) is 43.1 Å². The summed E-state index contributed by atoms with van der Waals surface area (Å²) in [7, 11) is 0. The number of nitrogens with two attached hydrogens (primary N) is 1. The van der Waals surface area contributed by atoms with Crippen molar-refractivity contribution in [2.24, 2.45) is 10.7 Å². The molecule has 0 saturated carbocycles. The van der Waals surface area contributed by atoms with Crippen LogP contribution in [0, 0.1) is 0 Å². The van der Waals surface area contributed by atoms with Crippen LogP contribution in [-0.4, -0.2) is 30.6 Å². The first-order chi connectivity index (χ1) is 9.21. The molecule has 4 nitrogen and oxygen atoms in total. The van der Waals surface area contributed by atoms with Gasteiger partial charge in [0.25, 0.3) is 0 Å². The molecule has 0 bridgehead atoms. The second-order valence-electron chi connectivity index (χ2n) is 4.30. The maximum absolute atomic E-state index is 5.94. The minimum absolute atomic E-state index is 0.614. The van der Waals surface area contributed by atoms with Crippen LogP contribution in [0.2, 0.25) is 0 Å². The predicted molar refractivity (Wildman–Crippen MR) is 80.0 cm³/mol. The number of ether oxygens (including phenoxy) is 1. The number of benzene rings is 1. The summed E-state index contributed by atoms with van der Waals surface area (Å²) in [6.45, 7) is 9.96. The number of hydrogen-bond donors (Lipinski definition) is 1. The molecule has 19 heavy (non-hydrogen) atoms. The summed E-state index contributed by atoms with van der Waals surface area (Å²) < 4.78 is 5.36. The van der Waals surface area contributed by atoms with Crippen LogP contribution in [0.4, 0.5) is 0 Å². The Balaban J connectivity index is 2.55. The van der Waals surface area contributed by atoms with Crippen molar-refractivity contribution < 1.29 is 4.74 Å². The van der Waals surface area contributed by atoms with Crippen molar-refractivity contribution >= 4 is 5.96 Å². The van der Waals surface area contributed by atoms with E-state index in [-0.39, 0.29) is 0 Å². The van der Waals surface area contributed by atoms with Crippen molar-refractivity contribution in [3.63, 3.8) is 0 Å². The Hall–Kier alpha value is -1.55. The third kappa shape index (κ3) is 5.30. The summed E-state index contributed by atoms with van der Waals surface area (Å²) >= 11 is 0. The highest BCUT2D eigenvalue weighted by Crippen LogP contribution is 2.07. The van der Waals surface area contributed by atoms with Crippen molar-refractivity contribution in [2.45, 2.75) is 33.9 Å². The van der Waals surface area contributed by atoms with Gasteiger partial charge in [0, 0.05) is 19.7 Å². The van der Waals surface area contributed by atoms with Gasteiger partial charge in [0.1, 0.15) is 0 Å². The first-order valence-electron chi connectivity index (χ1n) is 6.91. The maximum atomic E-state index is 5.94. The van der Waals surface area contributed by atoms with Gasteiger partial charge in [0.15, 0.2) is 5.96 Å². The maximum Gasteiger partial charge on any atom is 0.191 e. The molecule has 0 unspecified atom stereocenters. The minimum atomic E-state index is 0.614. The lowest BCUT2D eigenvalue weighted by Crippen LogP contribution is -2.37. The Bertz CT molecular complexity index is 383. The lowest BCUT2D eigenvalue weighted by molar-refractivity contribution is 0.134. The van der Waals surface area contributed by atoms with Crippen LogP contribution in [-0.2, 0) is 17.9 Å². The molecule has 0 saturated heterocycles. The first-order valence-corrected chi connectivity index (χ1v) is 6.91. The Morgan fingerprint density at radius 2 is 1.68 bits per heavy atom. The van der Waals surface area contributed by atoms with Gasteiger partial charge in [-0.25, -0.2) is 4.99 Å². The third-order valence-corrected chi connectivity index (χ3v) is 3.01. The number of hydrogen-bond acceptors (Lipinski definition) is 2. The normalized spacial score (nSPS) is 11.6. The second-order valence-corrected chi connectivity index (χ2v) is 4.30. The molecule has 1 aromatic rings. The highest BCUT2D eigenvalue weighted by Gasteiger charge is 2.01. The van der Waals surface area contributed by atoms with Crippen molar-refractivity contribution in [3.05, 3.63) is 35.4 Å². The summed E-state index contributed by atoms with van der Waals surface area (Å²) in [5.74, 6) is 0.614. The van der Waals surface area contributed by atoms with E-state index in [9.17, 15) is 0 Å². The van der Waals surface area contributed by atoms with E-state index in [4.69, 9.17) is 10.5 Å². The average molecular weight is 263 g/mol. The van der Waals surface area contributed by atoms with Gasteiger partial charge in [0.2, 0.25) is 0 Å². The van der Waals surface area contributed by atoms with Crippen LogP contribution in [0.3, 0.4) is 0 Å². The Morgan fingerprint density at radius 1 is 1.11 bits per heavy atom. The molecule has 0 atom stereocenters. The van der Waals surface area contributed by atoms with Gasteiger partial charge in [-0.1, -0.05) is 24.3 Å². The average Bonchev–Trinajstić information content (AvgIpc) is 2.45. The highest BCUT2D eigenvalue weighted by molar-refractivity contribution is 5.77. The van der Waals surface area contributed by atoms with Crippen molar-refractivity contribution in [1.82, 2.24) is 4.90 Å². The topological polar surface area (TPSA) is 50.9 Å². The Morgan fingerprint density at radius 3 is 2.21 bits per heavy atom. The molecule has 0 spiro atoms. The van der Waals surface area contributed by atoms with Crippen molar-refractivity contribution in [3.8, 4) is 0 Å². The van der Waals surface area contributed by atoms with E-state index >= 15 is 0 Å². The van der Waals surface area contributed by atoms with E-state index in [1.807, 2.05) is 11.8 Å². The summed E-state index contributed by atoms with van der Waals surface area (Å²) in [5, 5.41) is 0. The number of aliphatic imine (C=N–C) groups is 1. The first kappa shape index (κ1) is 15.5. The van der Waals surface area contributed by atoms with E-state index in [0.29, 0.717) is 19.1 Å². The number of rotatable bonds is 7. The quantitative estimate of drug-likeness (QED) is 0.607. The molecule has 1 rings (SSSR count). The molecule has 4 heteroatoms. The van der Waals surface area contributed by atoms with E-state index in [0.717, 1.165) is 25.3 Å². The third-order valence-electron chi connectivity index (χ3n) is 3.01. The molecule has 0 amide bonds. The molecule has 0 radical (unpaired) electrons. The van der Waals surface area contributed by atoms with Crippen LogP contribution in [0.5, 0.6) is 0 Å². The van der Waals surface area contributed by atoms with E-state index in [1.54, 1.807) is 0 Å². The monoisotopic (exact) mass is 263 g/mol.